The van der Waals surface area contributed by atoms with E-state index in [4.69, 9.17) is 0 Å². The molecule has 0 radical (unpaired) electrons. The number of nitrogens with zero attached hydrogens (tertiary/aromatic N) is 3. The van der Waals surface area contributed by atoms with Crippen LogP contribution in [0.15, 0.2) is 29.1 Å². The molecule has 0 aliphatic rings. The Labute approximate surface area is 125 Å². The minimum Gasteiger partial charge on any atom is -0.368 e. The van der Waals surface area contributed by atoms with Gasteiger partial charge < -0.3 is 10.3 Å². The first-order valence-corrected chi connectivity index (χ1v) is 8.64. The van der Waals surface area contributed by atoms with E-state index in [-0.39, 0.29) is 11.6 Å². The molecule has 3 aromatic rings. The molecule has 0 atom stereocenters. The van der Waals surface area contributed by atoms with E-state index < -0.39 is 10.0 Å². The van der Waals surface area contributed by atoms with Gasteiger partial charge in [-0.2, -0.15) is 0 Å². The highest BCUT2D eigenvalue weighted by Crippen LogP contribution is 2.25. The van der Waals surface area contributed by atoms with E-state index in [2.05, 4.69) is 25.0 Å². The number of sulfonamides is 1. The highest BCUT2D eigenvalue weighted by atomic mass is 32.2. The van der Waals surface area contributed by atoms with Gasteiger partial charge in [0.15, 0.2) is 15.8 Å². The minimum atomic E-state index is -3.70. The lowest BCUT2D eigenvalue weighted by Crippen LogP contribution is -2.25. The summed E-state index contributed by atoms with van der Waals surface area (Å²) in [6.45, 7) is 2.63. The number of imidazole rings is 2. The van der Waals surface area contributed by atoms with Crippen molar-refractivity contribution >= 4 is 32.1 Å². The zero-order valence-corrected chi connectivity index (χ0v) is 12.8. The van der Waals surface area contributed by atoms with Crippen molar-refractivity contribution in [2.24, 2.45) is 0 Å². The Hall–Kier alpha value is -1.91. The second-order valence-electron chi connectivity index (χ2n) is 4.25. The molecule has 3 N–H and O–H groups in total. The van der Waals surface area contributed by atoms with Crippen LogP contribution in [-0.2, 0) is 16.6 Å². The Balaban J connectivity index is 1.96. The maximum absolute atomic E-state index is 12.6. The average molecular weight is 326 g/mol. The Morgan fingerprint density at radius 2 is 2.33 bits per heavy atom. The average Bonchev–Trinajstić information content (AvgIpc) is 3.12. The van der Waals surface area contributed by atoms with Gasteiger partial charge in [-0.3, -0.25) is 4.40 Å². The van der Waals surface area contributed by atoms with E-state index in [1.54, 1.807) is 22.2 Å². The molecule has 3 rings (SSSR count). The molecule has 0 unspecified atom stereocenters. The quantitative estimate of drug-likeness (QED) is 0.627. The molecule has 0 aromatic carbocycles. The van der Waals surface area contributed by atoms with Crippen molar-refractivity contribution in [2.75, 3.05) is 11.9 Å². The van der Waals surface area contributed by atoms with Crippen LogP contribution < -0.4 is 10.0 Å². The molecular formula is C11H14N6O2S2. The molecule has 21 heavy (non-hydrogen) atoms. The topological polar surface area (TPSA) is 104 Å². The van der Waals surface area contributed by atoms with Crippen LogP contribution in [0.1, 0.15) is 12.6 Å². The lowest BCUT2D eigenvalue weighted by Gasteiger charge is -2.07. The fraction of sp³-hybridized carbons (Fsp3) is 0.273. The fourth-order valence-electron chi connectivity index (χ4n) is 1.93. The monoisotopic (exact) mass is 326 g/mol. The molecule has 3 heterocycles. The standard InChI is InChI=1S/C11H14N6O2S2/c1-2-13-9-10(17-3-4-20-11(17)16-9)21(18,19)15-6-8-5-12-7-14-8/h3-5,7,13,15H,2,6H2,1H3,(H,12,14). The Kier molecular flexibility index (Phi) is 3.66. The van der Waals surface area contributed by atoms with Gasteiger partial charge in [-0.1, -0.05) is 0 Å². The van der Waals surface area contributed by atoms with Crippen molar-refractivity contribution in [3.8, 4) is 0 Å². The van der Waals surface area contributed by atoms with Crippen LogP contribution in [-0.4, -0.2) is 34.3 Å². The zero-order chi connectivity index (χ0) is 14.9. The number of anilines is 1. The van der Waals surface area contributed by atoms with Gasteiger partial charge in [-0.05, 0) is 6.92 Å². The third-order valence-corrected chi connectivity index (χ3v) is 5.00. The van der Waals surface area contributed by atoms with Crippen molar-refractivity contribution in [3.05, 3.63) is 29.8 Å². The van der Waals surface area contributed by atoms with Gasteiger partial charge in [-0.15, -0.1) is 11.3 Å². The maximum atomic E-state index is 12.6. The number of rotatable bonds is 6. The predicted octanol–water partition coefficient (Wildman–Crippen LogP) is 1.03. The van der Waals surface area contributed by atoms with Crippen molar-refractivity contribution in [1.82, 2.24) is 24.1 Å². The molecule has 0 fully saturated rings. The molecule has 0 saturated heterocycles. The van der Waals surface area contributed by atoms with Gasteiger partial charge in [0.1, 0.15) is 0 Å². The number of aromatic nitrogens is 4. The molecule has 112 valence electrons. The Bertz CT molecular complexity index is 833. The number of thiazole rings is 1. The van der Waals surface area contributed by atoms with E-state index >= 15 is 0 Å². The predicted molar refractivity (Wildman–Crippen MR) is 79.8 cm³/mol. The highest BCUT2D eigenvalue weighted by Gasteiger charge is 2.25. The number of nitrogens with one attached hydrogen (secondary N) is 3. The van der Waals surface area contributed by atoms with Crippen LogP contribution >= 0.6 is 11.3 Å². The fourth-order valence-corrected chi connectivity index (χ4v) is 3.96. The van der Waals surface area contributed by atoms with Crippen LogP contribution in [0.2, 0.25) is 0 Å². The normalized spacial score (nSPS) is 12.0. The molecule has 10 heteroatoms. The molecular weight excluding hydrogens is 312 g/mol. The van der Waals surface area contributed by atoms with Gasteiger partial charge in [0.05, 0.1) is 12.9 Å². The number of hydrogen-bond donors (Lipinski definition) is 3. The molecule has 0 spiro atoms. The van der Waals surface area contributed by atoms with Gasteiger partial charge in [0.25, 0.3) is 10.0 Å². The summed E-state index contributed by atoms with van der Waals surface area (Å²) < 4.78 is 29.2. The van der Waals surface area contributed by atoms with Gasteiger partial charge in [0, 0.05) is 30.0 Å². The van der Waals surface area contributed by atoms with E-state index in [1.807, 2.05) is 6.92 Å². The Morgan fingerprint density at radius 3 is 3.05 bits per heavy atom. The summed E-state index contributed by atoms with van der Waals surface area (Å²) in [5, 5.41) is 4.91. The van der Waals surface area contributed by atoms with Crippen LogP contribution in [0.5, 0.6) is 0 Å². The summed E-state index contributed by atoms with van der Waals surface area (Å²) in [4.78, 5) is 11.6. The van der Waals surface area contributed by atoms with Crippen LogP contribution in [0.3, 0.4) is 0 Å². The second-order valence-corrected chi connectivity index (χ2v) is 6.81. The lowest BCUT2D eigenvalue weighted by molar-refractivity contribution is 0.576. The third-order valence-electron chi connectivity index (χ3n) is 2.82. The van der Waals surface area contributed by atoms with E-state index in [0.29, 0.717) is 23.0 Å². The minimum absolute atomic E-state index is 0.125. The highest BCUT2D eigenvalue weighted by molar-refractivity contribution is 7.89. The summed E-state index contributed by atoms with van der Waals surface area (Å²) >= 11 is 1.38. The summed E-state index contributed by atoms with van der Waals surface area (Å²) in [5.41, 5.74) is 0.689. The largest absolute Gasteiger partial charge is 0.368 e. The molecule has 0 aliphatic carbocycles. The summed E-state index contributed by atoms with van der Waals surface area (Å²) in [6.07, 6.45) is 4.77. The molecule has 0 aliphatic heterocycles. The first-order chi connectivity index (χ1) is 10.1. The molecule has 0 saturated carbocycles. The number of fused-ring (bicyclic) bond motifs is 1. The zero-order valence-electron chi connectivity index (χ0n) is 11.2. The van der Waals surface area contributed by atoms with Gasteiger partial charge in [0.2, 0.25) is 0 Å². The Morgan fingerprint density at radius 1 is 1.48 bits per heavy atom. The molecule has 0 bridgehead atoms. The molecule has 3 aromatic heterocycles. The maximum Gasteiger partial charge on any atom is 0.260 e. The third kappa shape index (κ3) is 2.64. The smallest absolute Gasteiger partial charge is 0.260 e. The van der Waals surface area contributed by atoms with Crippen LogP contribution in [0.4, 0.5) is 5.82 Å². The van der Waals surface area contributed by atoms with Gasteiger partial charge in [-0.25, -0.2) is 23.1 Å². The first kappa shape index (κ1) is 14.0. The van der Waals surface area contributed by atoms with Crippen LogP contribution in [0, 0.1) is 0 Å². The number of H-pyrrole nitrogens is 1. The number of hydrogen-bond acceptors (Lipinski definition) is 6. The van der Waals surface area contributed by atoms with Crippen molar-refractivity contribution in [2.45, 2.75) is 18.5 Å². The van der Waals surface area contributed by atoms with Crippen molar-refractivity contribution in [3.63, 3.8) is 0 Å². The van der Waals surface area contributed by atoms with Crippen molar-refractivity contribution < 1.29 is 8.42 Å². The summed E-state index contributed by atoms with van der Waals surface area (Å²) in [5.74, 6) is 0.362. The van der Waals surface area contributed by atoms with Crippen LogP contribution in [0.25, 0.3) is 4.96 Å². The molecule has 8 nitrogen and oxygen atoms in total. The van der Waals surface area contributed by atoms with E-state index in [1.165, 1.54) is 17.7 Å². The first-order valence-electron chi connectivity index (χ1n) is 6.28. The second kappa shape index (κ2) is 5.47. The van der Waals surface area contributed by atoms with Gasteiger partial charge >= 0.3 is 0 Å². The SMILES string of the molecule is CCNc1nc2sccn2c1S(=O)(=O)NCc1cnc[nH]1. The molecule has 0 amide bonds. The summed E-state index contributed by atoms with van der Waals surface area (Å²) in [7, 11) is -3.70. The van der Waals surface area contributed by atoms with E-state index in [9.17, 15) is 8.42 Å². The summed E-state index contributed by atoms with van der Waals surface area (Å²) in [6, 6.07) is 0. The van der Waals surface area contributed by atoms with E-state index in [0.717, 1.165) is 0 Å². The number of aromatic amines is 1. The van der Waals surface area contributed by atoms with Crippen molar-refractivity contribution in [1.29, 1.82) is 0 Å². The lowest BCUT2D eigenvalue weighted by atomic mass is 10.5.